The number of ether oxygens (including phenoxy) is 1. The molecule has 2 rings (SSSR count). The summed E-state index contributed by atoms with van der Waals surface area (Å²) in [6.07, 6.45) is 0. The molecule has 21 heavy (non-hydrogen) atoms. The Balaban J connectivity index is 1.87. The number of benzene rings is 1. The average Bonchev–Trinajstić information content (AvgIpc) is 2.88. The van der Waals surface area contributed by atoms with Gasteiger partial charge in [0, 0.05) is 23.9 Å². The van der Waals surface area contributed by atoms with Crippen LogP contribution in [0.5, 0.6) is 5.75 Å². The average molecular weight is 304 g/mol. The first-order valence-corrected chi connectivity index (χ1v) is 8.24. The summed E-state index contributed by atoms with van der Waals surface area (Å²) in [5.41, 5.74) is 2.52. The Kier molecular flexibility index (Phi) is 5.37. The van der Waals surface area contributed by atoms with Crippen LogP contribution in [0.25, 0.3) is 0 Å². The summed E-state index contributed by atoms with van der Waals surface area (Å²) in [6.45, 7) is 10.9. The second-order valence-corrected chi connectivity index (χ2v) is 7.00. The van der Waals surface area contributed by atoms with Gasteiger partial charge in [0.2, 0.25) is 0 Å². The molecule has 0 spiro atoms. The molecule has 3 nitrogen and oxygen atoms in total. The van der Waals surface area contributed by atoms with Crippen LogP contribution in [-0.4, -0.2) is 11.6 Å². The van der Waals surface area contributed by atoms with E-state index in [1.807, 2.05) is 19.1 Å². The minimum atomic E-state index is 0.126. The predicted molar refractivity (Wildman–Crippen MR) is 89.0 cm³/mol. The van der Waals surface area contributed by atoms with E-state index in [-0.39, 0.29) is 5.41 Å². The topological polar surface area (TPSA) is 34.1 Å². The summed E-state index contributed by atoms with van der Waals surface area (Å²) in [7, 11) is 0. The predicted octanol–water partition coefficient (Wildman–Crippen LogP) is 4.13. The molecule has 0 aliphatic heterocycles. The smallest absolute Gasteiger partial charge is 0.119 e. The van der Waals surface area contributed by atoms with Crippen molar-refractivity contribution in [3.63, 3.8) is 0 Å². The lowest BCUT2D eigenvalue weighted by Gasteiger charge is -2.14. The van der Waals surface area contributed by atoms with Gasteiger partial charge in [-0.3, -0.25) is 0 Å². The van der Waals surface area contributed by atoms with Crippen LogP contribution in [0.2, 0.25) is 0 Å². The number of hydrogen-bond acceptors (Lipinski definition) is 4. The normalized spacial score (nSPS) is 11.6. The van der Waals surface area contributed by atoms with Crippen molar-refractivity contribution in [1.29, 1.82) is 0 Å². The van der Waals surface area contributed by atoms with Crippen LogP contribution in [0, 0.1) is 0 Å². The molecule has 0 bridgehead atoms. The zero-order valence-electron chi connectivity index (χ0n) is 13.3. The SMILES string of the molecule is CCOc1cccc(CNCc2nc(C(C)(C)C)cs2)c1. The highest BCUT2D eigenvalue weighted by molar-refractivity contribution is 7.09. The lowest BCUT2D eigenvalue weighted by atomic mass is 9.93. The van der Waals surface area contributed by atoms with Crippen molar-refractivity contribution in [3.8, 4) is 5.75 Å². The second kappa shape index (κ2) is 7.05. The second-order valence-electron chi connectivity index (χ2n) is 6.06. The van der Waals surface area contributed by atoms with Crippen molar-refractivity contribution in [2.24, 2.45) is 0 Å². The van der Waals surface area contributed by atoms with Crippen molar-refractivity contribution in [2.75, 3.05) is 6.61 Å². The molecule has 0 atom stereocenters. The van der Waals surface area contributed by atoms with Gasteiger partial charge in [0.1, 0.15) is 10.8 Å². The number of thiazole rings is 1. The Morgan fingerprint density at radius 1 is 1.24 bits per heavy atom. The van der Waals surface area contributed by atoms with Crippen molar-refractivity contribution < 1.29 is 4.74 Å². The van der Waals surface area contributed by atoms with Gasteiger partial charge >= 0.3 is 0 Å². The van der Waals surface area contributed by atoms with E-state index >= 15 is 0 Å². The van der Waals surface area contributed by atoms with Gasteiger partial charge in [0.15, 0.2) is 0 Å². The Labute approximate surface area is 131 Å². The molecule has 0 aliphatic carbocycles. The lowest BCUT2D eigenvalue weighted by molar-refractivity contribution is 0.340. The molecule has 1 N–H and O–H groups in total. The van der Waals surface area contributed by atoms with Gasteiger partial charge in [-0.2, -0.15) is 0 Å². The molecule has 0 saturated heterocycles. The van der Waals surface area contributed by atoms with Crippen LogP contribution >= 0.6 is 11.3 Å². The first-order valence-electron chi connectivity index (χ1n) is 7.36. The highest BCUT2D eigenvalue weighted by Crippen LogP contribution is 2.23. The number of rotatable bonds is 6. The minimum Gasteiger partial charge on any atom is -0.494 e. The minimum absolute atomic E-state index is 0.126. The van der Waals surface area contributed by atoms with Gasteiger partial charge in [0.05, 0.1) is 12.3 Å². The van der Waals surface area contributed by atoms with Gasteiger partial charge < -0.3 is 10.1 Å². The van der Waals surface area contributed by atoms with Crippen molar-refractivity contribution in [3.05, 3.63) is 45.9 Å². The van der Waals surface area contributed by atoms with Crippen molar-refractivity contribution in [1.82, 2.24) is 10.3 Å². The third kappa shape index (κ3) is 4.83. The van der Waals surface area contributed by atoms with E-state index in [9.17, 15) is 0 Å². The Morgan fingerprint density at radius 2 is 2.05 bits per heavy atom. The number of hydrogen-bond donors (Lipinski definition) is 1. The van der Waals surface area contributed by atoms with E-state index in [0.717, 1.165) is 23.8 Å². The molecule has 114 valence electrons. The molecule has 0 unspecified atom stereocenters. The van der Waals surface area contributed by atoms with Crippen LogP contribution in [0.15, 0.2) is 29.6 Å². The maximum Gasteiger partial charge on any atom is 0.119 e. The van der Waals surface area contributed by atoms with Crippen LogP contribution in [-0.2, 0) is 18.5 Å². The van der Waals surface area contributed by atoms with Crippen molar-refractivity contribution >= 4 is 11.3 Å². The van der Waals surface area contributed by atoms with Crippen LogP contribution in [0.3, 0.4) is 0 Å². The monoisotopic (exact) mass is 304 g/mol. The zero-order valence-corrected chi connectivity index (χ0v) is 14.1. The maximum atomic E-state index is 5.51. The van der Waals surface area contributed by atoms with Crippen LogP contribution in [0.4, 0.5) is 0 Å². The molecule has 1 aromatic carbocycles. The molecular weight excluding hydrogens is 280 g/mol. The van der Waals surface area contributed by atoms with E-state index in [1.165, 1.54) is 11.3 Å². The quantitative estimate of drug-likeness (QED) is 0.871. The lowest BCUT2D eigenvalue weighted by Crippen LogP contribution is -2.14. The maximum absolute atomic E-state index is 5.51. The Morgan fingerprint density at radius 3 is 2.71 bits per heavy atom. The van der Waals surface area contributed by atoms with Crippen LogP contribution < -0.4 is 10.1 Å². The highest BCUT2D eigenvalue weighted by Gasteiger charge is 2.17. The van der Waals surface area contributed by atoms with Gasteiger partial charge in [-0.15, -0.1) is 11.3 Å². The zero-order chi connectivity index (χ0) is 15.3. The third-order valence-electron chi connectivity index (χ3n) is 3.13. The Bertz CT molecular complexity index is 572. The molecule has 0 radical (unpaired) electrons. The summed E-state index contributed by atoms with van der Waals surface area (Å²) in [6, 6.07) is 8.21. The van der Waals surface area contributed by atoms with Crippen LogP contribution in [0.1, 0.15) is 44.0 Å². The molecule has 0 saturated carbocycles. The largest absolute Gasteiger partial charge is 0.494 e. The number of nitrogens with zero attached hydrogens (tertiary/aromatic N) is 1. The molecular formula is C17H24N2OS. The van der Waals surface area contributed by atoms with Crippen molar-refractivity contribution in [2.45, 2.75) is 46.2 Å². The number of aromatic nitrogens is 1. The molecule has 0 fully saturated rings. The van der Waals surface area contributed by atoms with Gasteiger partial charge in [-0.05, 0) is 24.6 Å². The molecule has 1 aromatic heterocycles. The first-order chi connectivity index (χ1) is 9.99. The fourth-order valence-corrected chi connectivity index (χ4v) is 2.95. The molecule has 0 amide bonds. The summed E-state index contributed by atoms with van der Waals surface area (Å²) in [4.78, 5) is 4.69. The number of nitrogens with one attached hydrogen (secondary N) is 1. The standard InChI is InChI=1S/C17H24N2OS/c1-5-20-14-8-6-7-13(9-14)10-18-11-16-19-15(12-21-16)17(2,3)4/h6-9,12,18H,5,10-11H2,1-4H3. The van der Waals surface area contributed by atoms with E-state index in [0.29, 0.717) is 6.61 Å². The molecule has 1 heterocycles. The Hall–Kier alpha value is -1.39. The summed E-state index contributed by atoms with van der Waals surface area (Å²) in [5, 5.41) is 6.74. The summed E-state index contributed by atoms with van der Waals surface area (Å²) >= 11 is 1.72. The van der Waals surface area contributed by atoms with E-state index < -0.39 is 0 Å². The first kappa shape index (κ1) is 16.0. The van der Waals surface area contributed by atoms with Gasteiger partial charge in [-0.1, -0.05) is 32.9 Å². The van der Waals surface area contributed by atoms with Gasteiger partial charge in [-0.25, -0.2) is 4.98 Å². The fourth-order valence-electron chi connectivity index (χ4n) is 1.96. The highest BCUT2D eigenvalue weighted by atomic mass is 32.1. The van der Waals surface area contributed by atoms with E-state index in [2.05, 4.69) is 43.6 Å². The fraction of sp³-hybridized carbons (Fsp3) is 0.471. The summed E-state index contributed by atoms with van der Waals surface area (Å²) in [5.74, 6) is 0.932. The molecule has 4 heteroatoms. The van der Waals surface area contributed by atoms with Gasteiger partial charge in [0.25, 0.3) is 0 Å². The van der Waals surface area contributed by atoms with E-state index in [4.69, 9.17) is 9.72 Å². The summed E-state index contributed by atoms with van der Waals surface area (Å²) < 4.78 is 5.51. The molecule has 0 aliphatic rings. The van der Waals surface area contributed by atoms with E-state index in [1.54, 1.807) is 11.3 Å². The molecule has 2 aromatic rings. The third-order valence-corrected chi connectivity index (χ3v) is 3.98.